The third-order valence-electron chi connectivity index (χ3n) is 2.83. The van der Waals surface area contributed by atoms with Gasteiger partial charge in [0.2, 0.25) is 0 Å². The first-order chi connectivity index (χ1) is 8.26. The number of hydrogen-bond acceptors (Lipinski definition) is 1. The molecule has 2 rings (SSSR count). The number of rotatable bonds is 3. The maximum absolute atomic E-state index is 5.42. The largest absolute Gasteiger partial charge is 0.496 e. The van der Waals surface area contributed by atoms with Crippen LogP contribution in [0.25, 0.3) is 17.2 Å². The van der Waals surface area contributed by atoms with E-state index in [9.17, 15) is 0 Å². The monoisotopic (exact) mass is 224 g/mol. The summed E-state index contributed by atoms with van der Waals surface area (Å²) in [5.41, 5.74) is 4.61. The van der Waals surface area contributed by atoms with Gasteiger partial charge in [0.25, 0.3) is 0 Å². The molecule has 17 heavy (non-hydrogen) atoms. The highest BCUT2D eigenvalue weighted by atomic mass is 16.5. The van der Waals surface area contributed by atoms with Gasteiger partial charge in [-0.25, -0.2) is 0 Å². The fraction of sp³-hybridized carbons (Fsp3) is 0.125. The smallest absolute Gasteiger partial charge is 0.126 e. The Morgan fingerprint density at radius 3 is 2.53 bits per heavy atom. The molecule has 0 unspecified atom stereocenters. The SMILES string of the molecule is C=Cc1ccccc1-c1cc(C)ccc1OC. The van der Waals surface area contributed by atoms with Crippen molar-refractivity contribution in [2.75, 3.05) is 7.11 Å². The van der Waals surface area contributed by atoms with E-state index in [0.29, 0.717) is 0 Å². The molecule has 0 atom stereocenters. The second-order valence-electron chi connectivity index (χ2n) is 4.00. The van der Waals surface area contributed by atoms with Crippen molar-refractivity contribution >= 4 is 6.08 Å². The highest BCUT2D eigenvalue weighted by Gasteiger charge is 2.08. The Kier molecular flexibility index (Phi) is 3.29. The van der Waals surface area contributed by atoms with Crippen molar-refractivity contribution in [2.24, 2.45) is 0 Å². The average Bonchev–Trinajstić information content (AvgIpc) is 2.38. The maximum atomic E-state index is 5.42. The van der Waals surface area contributed by atoms with E-state index in [1.807, 2.05) is 24.3 Å². The lowest BCUT2D eigenvalue weighted by Crippen LogP contribution is -1.90. The van der Waals surface area contributed by atoms with Gasteiger partial charge in [-0.1, -0.05) is 48.6 Å². The molecule has 0 aliphatic heterocycles. The van der Waals surface area contributed by atoms with Crippen molar-refractivity contribution in [1.82, 2.24) is 0 Å². The van der Waals surface area contributed by atoms with Crippen LogP contribution < -0.4 is 4.74 Å². The van der Waals surface area contributed by atoms with Crippen molar-refractivity contribution in [3.8, 4) is 16.9 Å². The van der Waals surface area contributed by atoms with Crippen LogP contribution >= 0.6 is 0 Å². The van der Waals surface area contributed by atoms with Gasteiger partial charge in [0.15, 0.2) is 0 Å². The van der Waals surface area contributed by atoms with Crippen LogP contribution in [0.5, 0.6) is 5.75 Å². The highest BCUT2D eigenvalue weighted by Crippen LogP contribution is 2.33. The summed E-state index contributed by atoms with van der Waals surface area (Å²) >= 11 is 0. The van der Waals surface area contributed by atoms with E-state index in [2.05, 4.69) is 37.8 Å². The topological polar surface area (TPSA) is 9.23 Å². The highest BCUT2D eigenvalue weighted by molar-refractivity contribution is 5.79. The zero-order valence-electron chi connectivity index (χ0n) is 10.2. The fourth-order valence-corrected chi connectivity index (χ4v) is 1.95. The fourth-order valence-electron chi connectivity index (χ4n) is 1.95. The molecule has 0 saturated heterocycles. The molecule has 0 amide bonds. The molecule has 2 aromatic rings. The number of hydrogen-bond donors (Lipinski definition) is 0. The Hall–Kier alpha value is -2.02. The molecule has 0 aliphatic carbocycles. The average molecular weight is 224 g/mol. The first-order valence-electron chi connectivity index (χ1n) is 5.62. The molecule has 0 N–H and O–H groups in total. The van der Waals surface area contributed by atoms with E-state index in [4.69, 9.17) is 4.74 Å². The molecule has 86 valence electrons. The normalized spacial score (nSPS) is 10.0. The molecule has 0 saturated carbocycles. The van der Waals surface area contributed by atoms with Gasteiger partial charge in [0, 0.05) is 5.56 Å². The minimum Gasteiger partial charge on any atom is -0.496 e. The Balaban J connectivity index is 2.66. The summed E-state index contributed by atoms with van der Waals surface area (Å²) in [6.45, 7) is 5.94. The van der Waals surface area contributed by atoms with Crippen LogP contribution in [0.2, 0.25) is 0 Å². The van der Waals surface area contributed by atoms with Crippen LogP contribution in [0.4, 0.5) is 0 Å². The number of ether oxygens (including phenoxy) is 1. The Labute approximate surface area is 102 Å². The summed E-state index contributed by atoms with van der Waals surface area (Å²) in [5.74, 6) is 0.893. The van der Waals surface area contributed by atoms with Crippen LogP contribution in [0.1, 0.15) is 11.1 Å². The van der Waals surface area contributed by atoms with Gasteiger partial charge < -0.3 is 4.74 Å². The van der Waals surface area contributed by atoms with Gasteiger partial charge in [0.1, 0.15) is 5.75 Å². The standard InChI is InChI=1S/C16H16O/c1-4-13-7-5-6-8-14(13)15-11-12(2)9-10-16(15)17-3/h4-11H,1H2,2-3H3. The van der Waals surface area contributed by atoms with E-state index in [0.717, 1.165) is 22.4 Å². The van der Waals surface area contributed by atoms with E-state index < -0.39 is 0 Å². The molecule has 0 spiro atoms. The van der Waals surface area contributed by atoms with Gasteiger partial charge in [-0.2, -0.15) is 0 Å². The van der Waals surface area contributed by atoms with Crippen LogP contribution in [-0.2, 0) is 0 Å². The van der Waals surface area contributed by atoms with Crippen LogP contribution in [-0.4, -0.2) is 7.11 Å². The van der Waals surface area contributed by atoms with Gasteiger partial charge in [-0.05, 0) is 30.2 Å². The van der Waals surface area contributed by atoms with Crippen LogP contribution in [0.3, 0.4) is 0 Å². The first-order valence-corrected chi connectivity index (χ1v) is 5.62. The third kappa shape index (κ3) is 2.23. The van der Waals surface area contributed by atoms with Crippen molar-refractivity contribution in [2.45, 2.75) is 6.92 Å². The zero-order chi connectivity index (χ0) is 12.3. The predicted molar refractivity (Wildman–Crippen MR) is 73.3 cm³/mol. The summed E-state index contributed by atoms with van der Waals surface area (Å²) in [6.07, 6.45) is 1.87. The Morgan fingerprint density at radius 1 is 1.06 bits per heavy atom. The predicted octanol–water partition coefficient (Wildman–Crippen LogP) is 4.31. The van der Waals surface area contributed by atoms with Crippen molar-refractivity contribution < 1.29 is 4.74 Å². The van der Waals surface area contributed by atoms with Gasteiger partial charge >= 0.3 is 0 Å². The van der Waals surface area contributed by atoms with E-state index in [1.54, 1.807) is 7.11 Å². The minimum atomic E-state index is 0.893. The molecule has 0 fully saturated rings. The molecule has 1 nitrogen and oxygen atoms in total. The van der Waals surface area contributed by atoms with Crippen molar-refractivity contribution in [1.29, 1.82) is 0 Å². The molecule has 0 aromatic heterocycles. The summed E-state index contributed by atoms with van der Waals surface area (Å²) < 4.78 is 5.42. The Bertz CT molecular complexity index is 541. The quantitative estimate of drug-likeness (QED) is 0.754. The second kappa shape index (κ2) is 4.88. The Morgan fingerprint density at radius 2 is 1.82 bits per heavy atom. The summed E-state index contributed by atoms with van der Waals surface area (Å²) in [5, 5.41) is 0. The molecule has 0 aliphatic rings. The van der Waals surface area contributed by atoms with E-state index in [1.165, 1.54) is 5.56 Å². The summed E-state index contributed by atoms with van der Waals surface area (Å²) in [4.78, 5) is 0. The van der Waals surface area contributed by atoms with E-state index in [-0.39, 0.29) is 0 Å². The van der Waals surface area contributed by atoms with E-state index >= 15 is 0 Å². The summed E-state index contributed by atoms with van der Waals surface area (Å²) in [7, 11) is 1.70. The number of methoxy groups -OCH3 is 1. The van der Waals surface area contributed by atoms with Crippen LogP contribution in [0, 0.1) is 6.92 Å². The maximum Gasteiger partial charge on any atom is 0.126 e. The minimum absolute atomic E-state index is 0.893. The third-order valence-corrected chi connectivity index (χ3v) is 2.83. The number of aryl methyl sites for hydroxylation is 1. The second-order valence-corrected chi connectivity index (χ2v) is 4.00. The van der Waals surface area contributed by atoms with Crippen molar-refractivity contribution in [3.05, 3.63) is 60.2 Å². The summed E-state index contributed by atoms with van der Waals surface area (Å²) in [6, 6.07) is 14.4. The molecule has 0 radical (unpaired) electrons. The lowest BCUT2D eigenvalue weighted by Gasteiger charge is -2.12. The molecular formula is C16H16O. The molecule has 2 aromatic carbocycles. The number of benzene rings is 2. The molecular weight excluding hydrogens is 208 g/mol. The zero-order valence-corrected chi connectivity index (χ0v) is 10.2. The van der Waals surface area contributed by atoms with Crippen molar-refractivity contribution in [3.63, 3.8) is 0 Å². The van der Waals surface area contributed by atoms with Gasteiger partial charge in [0.05, 0.1) is 7.11 Å². The molecule has 0 bridgehead atoms. The lowest BCUT2D eigenvalue weighted by molar-refractivity contribution is 0.416. The lowest BCUT2D eigenvalue weighted by atomic mass is 9.97. The molecule has 0 heterocycles. The first kappa shape index (κ1) is 11.5. The van der Waals surface area contributed by atoms with Gasteiger partial charge in [-0.3, -0.25) is 0 Å². The molecule has 1 heteroatoms. The van der Waals surface area contributed by atoms with Crippen LogP contribution in [0.15, 0.2) is 49.0 Å². The van der Waals surface area contributed by atoms with Gasteiger partial charge in [-0.15, -0.1) is 0 Å².